The number of hydrogen-bond donors (Lipinski definition) is 1. The second-order valence-electron chi connectivity index (χ2n) is 4.25. The normalized spacial score (nSPS) is 16.0. The summed E-state index contributed by atoms with van der Waals surface area (Å²) in [5, 5.41) is 7.38. The molecule has 1 N–H and O–H groups in total. The zero-order chi connectivity index (χ0) is 15.0. The van der Waals surface area contributed by atoms with E-state index in [0.717, 1.165) is 15.8 Å². The molecule has 0 atom stereocenters. The number of sulfonamides is 1. The van der Waals surface area contributed by atoms with Crippen LogP contribution in [0.25, 0.3) is 0 Å². The van der Waals surface area contributed by atoms with Gasteiger partial charge in [-0.15, -0.1) is 5.10 Å². The number of amides is 1. The zero-order valence-corrected chi connectivity index (χ0v) is 12.6. The minimum atomic E-state index is -3.92. The van der Waals surface area contributed by atoms with Gasteiger partial charge in [0.15, 0.2) is 5.03 Å². The third kappa shape index (κ3) is 2.16. The fraction of sp³-hybridized carbons (Fsp3) is 0.273. The van der Waals surface area contributed by atoms with Crippen molar-refractivity contribution in [1.29, 1.82) is 0 Å². The first-order chi connectivity index (χ1) is 10.1. The standard InChI is InChI=1S/C11H11N5O3S2/c1-2-12-9-8(14-15-20-9)6-16-11(17)7-4-3-5-13-10(7)21(16,18)19/h3-5,12H,2,6H2,1H3. The number of carbonyl (C=O) groups is 1. The van der Waals surface area contributed by atoms with E-state index in [4.69, 9.17) is 0 Å². The Morgan fingerprint density at radius 2 is 2.24 bits per heavy atom. The number of fused-ring (bicyclic) bond motifs is 1. The fourth-order valence-electron chi connectivity index (χ4n) is 2.01. The van der Waals surface area contributed by atoms with Gasteiger partial charge in [-0.2, -0.15) is 8.42 Å². The molecule has 0 saturated heterocycles. The maximum atomic E-state index is 12.4. The summed E-state index contributed by atoms with van der Waals surface area (Å²) in [6.07, 6.45) is 1.35. The van der Waals surface area contributed by atoms with Crippen LogP contribution in [0.4, 0.5) is 5.00 Å². The third-order valence-electron chi connectivity index (χ3n) is 2.95. The molecule has 3 rings (SSSR count). The second-order valence-corrected chi connectivity index (χ2v) is 6.78. The van der Waals surface area contributed by atoms with Crippen molar-refractivity contribution in [2.45, 2.75) is 18.5 Å². The summed E-state index contributed by atoms with van der Waals surface area (Å²) in [4.78, 5) is 16.1. The SMILES string of the molecule is CCNc1snnc1CN1C(=O)c2cccnc2S1(=O)=O. The molecule has 3 heterocycles. The second kappa shape index (κ2) is 5.04. The molecule has 110 valence electrons. The van der Waals surface area contributed by atoms with Crippen LogP contribution in [0.15, 0.2) is 23.4 Å². The maximum Gasteiger partial charge on any atom is 0.285 e. The lowest BCUT2D eigenvalue weighted by Gasteiger charge is -2.13. The summed E-state index contributed by atoms with van der Waals surface area (Å²) in [7, 11) is -3.92. The predicted octanol–water partition coefficient (Wildman–Crippen LogP) is 0.710. The predicted molar refractivity (Wildman–Crippen MR) is 75.4 cm³/mol. The highest BCUT2D eigenvalue weighted by molar-refractivity contribution is 7.90. The van der Waals surface area contributed by atoms with Crippen LogP contribution in [-0.2, 0) is 16.6 Å². The molecule has 0 radical (unpaired) electrons. The molecule has 2 aromatic heterocycles. The summed E-state index contributed by atoms with van der Waals surface area (Å²) in [5.41, 5.74) is 0.511. The highest BCUT2D eigenvalue weighted by atomic mass is 32.2. The average molecular weight is 325 g/mol. The van der Waals surface area contributed by atoms with E-state index < -0.39 is 15.9 Å². The van der Waals surface area contributed by atoms with E-state index in [1.165, 1.54) is 18.3 Å². The van der Waals surface area contributed by atoms with Crippen molar-refractivity contribution in [2.24, 2.45) is 0 Å². The highest BCUT2D eigenvalue weighted by Crippen LogP contribution is 2.31. The number of pyridine rings is 1. The lowest BCUT2D eigenvalue weighted by Crippen LogP contribution is -2.30. The molecular formula is C11H11N5O3S2. The summed E-state index contributed by atoms with van der Waals surface area (Å²) >= 11 is 1.12. The number of aromatic nitrogens is 3. The lowest BCUT2D eigenvalue weighted by molar-refractivity contribution is 0.0864. The van der Waals surface area contributed by atoms with Gasteiger partial charge in [0.05, 0.1) is 12.1 Å². The van der Waals surface area contributed by atoms with Gasteiger partial charge in [0, 0.05) is 24.3 Å². The summed E-state index contributed by atoms with van der Waals surface area (Å²) in [5.74, 6) is -0.589. The first kappa shape index (κ1) is 13.9. The number of rotatable bonds is 4. The first-order valence-corrected chi connectivity index (χ1v) is 8.34. The van der Waals surface area contributed by atoms with Crippen LogP contribution in [0, 0.1) is 0 Å². The van der Waals surface area contributed by atoms with E-state index in [1.807, 2.05) is 6.92 Å². The van der Waals surface area contributed by atoms with Crippen LogP contribution in [0.1, 0.15) is 23.0 Å². The van der Waals surface area contributed by atoms with Crippen LogP contribution in [0.3, 0.4) is 0 Å². The Morgan fingerprint density at radius 1 is 1.43 bits per heavy atom. The number of hydrogen-bond acceptors (Lipinski definition) is 8. The van der Waals surface area contributed by atoms with E-state index in [0.29, 0.717) is 17.2 Å². The smallest absolute Gasteiger partial charge is 0.285 e. The van der Waals surface area contributed by atoms with Crippen molar-refractivity contribution in [3.8, 4) is 0 Å². The monoisotopic (exact) mass is 325 g/mol. The Hall–Kier alpha value is -2.07. The van der Waals surface area contributed by atoms with Crippen molar-refractivity contribution < 1.29 is 13.2 Å². The number of nitrogens with one attached hydrogen (secondary N) is 1. The maximum absolute atomic E-state index is 12.4. The molecule has 1 aliphatic heterocycles. The number of nitrogens with zero attached hydrogens (tertiary/aromatic N) is 4. The largest absolute Gasteiger partial charge is 0.374 e. The summed E-state index contributed by atoms with van der Waals surface area (Å²) in [6, 6.07) is 2.98. The Bertz CT molecular complexity index is 802. The Morgan fingerprint density at radius 3 is 2.95 bits per heavy atom. The summed E-state index contributed by atoms with van der Waals surface area (Å²) < 4.78 is 29.3. The van der Waals surface area contributed by atoms with E-state index in [1.54, 1.807) is 0 Å². The molecule has 1 amide bonds. The lowest BCUT2D eigenvalue weighted by atomic mass is 10.2. The van der Waals surface area contributed by atoms with Gasteiger partial charge in [0.2, 0.25) is 0 Å². The van der Waals surface area contributed by atoms with Gasteiger partial charge in [0.1, 0.15) is 10.7 Å². The van der Waals surface area contributed by atoms with Crippen LogP contribution < -0.4 is 5.32 Å². The minimum Gasteiger partial charge on any atom is -0.374 e. The quantitative estimate of drug-likeness (QED) is 0.882. The zero-order valence-electron chi connectivity index (χ0n) is 11.0. The van der Waals surface area contributed by atoms with Crippen molar-refractivity contribution >= 4 is 32.5 Å². The van der Waals surface area contributed by atoms with Gasteiger partial charge in [0.25, 0.3) is 15.9 Å². The van der Waals surface area contributed by atoms with Crippen LogP contribution >= 0.6 is 11.5 Å². The summed E-state index contributed by atoms with van der Waals surface area (Å²) in [6.45, 7) is 2.40. The third-order valence-corrected chi connectivity index (χ3v) is 5.36. The Kier molecular flexibility index (Phi) is 3.33. The van der Waals surface area contributed by atoms with Crippen molar-refractivity contribution in [2.75, 3.05) is 11.9 Å². The molecule has 1 aliphatic rings. The van der Waals surface area contributed by atoms with E-state index >= 15 is 0 Å². The van der Waals surface area contributed by atoms with Crippen LogP contribution in [0.5, 0.6) is 0 Å². The van der Waals surface area contributed by atoms with Gasteiger partial charge >= 0.3 is 0 Å². The molecule has 21 heavy (non-hydrogen) atoms. The highest BCUT2D eigenvalue weighted by Gasteiger charge is 2.43. The molecule has 0 fully saturated rings. The average Bonchev–Trinajstić information content (AvgIpc) is 2.98. The molecule has 0 unspecified atom stereocenters. The fourth-order valence-corrected chi connectivity index (χ4v) is 4.09. The molecule has 0 saturated carbocycles. The number of carbonyl (C=O) groups excluding carboxylic acids is 1. The van der Waals surface area contributed by atoms with Gasteiger partial charge in [-0.05, 0) is 19.1 Å². The van der Waals surface area contributed by atoms with Crippen molar-refractivity contribution in [3.05, 3.63) is 29.6 Å². The van der Waals surface area contributed by atoms with Gasteiger partial charge in [-0.3, -0.25) is 4.79 Å². The van der Waals surface area contributed by atoms with Crippen LogP contribution in [0.2, 0.25) is 0 Å². The van der Waals surface area contributed by atoms with E-state index in [-0.39, 0.29) is 17.1 Å². The molecule has 0 aliphatic carbocycles. The Labute approximate surface area is 125 Å². The van der Waals surface area contributed by atoms with E-state index in [2.05, 4.69) is 19.9 Å². The first-order valence-electron chi connectivity index (χ1n) is 6.13. The molecule has 0 bridgehead atoms. The van der Waals surface area contributed by atoms with Gasteiger partial charge < -0.3 is 5.32 Å². The molecule has 2 aromatic rings. The topological polar surface area (TPSA) is 105 Å². The van der Waals surface area contributed by atoms with E-state index in [9.17, 15) is 13.2 Å². The molecule has 0 spiro atoms. The van der Waals surface area contributed by atoms with Crippen molar-refractivity contribution in [1.82, 2.24) is 18.9 Å². The molecular weight excluding hydrogens is 314 g/mol. The molecule has 0 aromatic carbocycles. The van der Waals surface area contributed by atoms with Crippen molar-refractivity contribution in [3.63, 3.8) is 0 Å². The Balaban J connectivity index is 1.98. The number of anilines is 1. The van der Waals surface area contributed by atoms with Gasteiger partial charge in [-0.25, -0.2) is 9.29 Å². The molecule has 8 nitrogen and oxygen atoms in total. The van der Waals surface area contributed by atoms with Gasteiger partial charge in [-0.1, -0.05) is 4.49 Å². The van der Waals surface area contributed by atoms with Crippen LogP contribution in [-0.4, -0.2) is 39.7 Å². The minimum absolute atomic E-state index is 0.0886. The molecule has 10 heteroatoms.